The third-order valence-corrected chi connectivity index (χ3v) is 4.14. The van der Waals surface area contributed by atoms with Gasteiger partial charge in [0.05, 0.1) is 6.67 Å². The molecule has 7 heteroatoms. The molecule has 5 nitrogen and oxygen atoms in total. The highest BCUT2D eigenvalue weighted by Crippen LogP contribution is 2.20. The van der Waals surface area contributed by atoms with Gasteiger partial charge in [-0.25, -0.2) is 4.68 Å². The molecule has 0 spiro atoms. The Hall–Kier alpha value is -1.21. The van der Waals surface area contributed by atoms with Crippen LogP contribution in [0.25, 0.3) is 11.4 Å². The van der Waals surface area contributed by atoms with Gasteiger partial charge >= 0.3 is 0 Å². The van der Waals surface area contributed by atoms with Gasteiger partial charge in [0.15, 0.2) is 10.6 Å². The molecule has 0 bridgehead atoms. The monoisotopic (exact) mass is 340 g/mol. The van der Waals surface area contributed by atoms with Crippen LogP contribution in [0.2, 0.25) is 5.02 Å². The van der Waals surface area contributed by atoms with Crippen LogP contribution in [0.5, 0.6) is 0 Å². The number of benzene rings is 1. The van der Waals surface area contributed by atoms with Crippen LogP contribution in [0.3, 0.4) is 0 Å². The minimum Gasteiger partial charge on any atom is -0.385 e. The fourth-order valence-electron chi connectivity index (χ4n) is 2.21. The minimum absolute atomic E-state index is 0.657. The van der Waals surface area contributed by atoms with Crippen molar-refractivity contribution in [2.45, 2.75) is 13.1 Å². The molecule has 0 saturated carbocycles. The summed E-state index contributed by atoms with van der Waals surface area (Å²) < 4.78 is 9.53. The molecule has 0 amide bonds. The van der Waals surface area contributed by atoms with Gasteiger partial charge in [-0.15, -0.1) is 0 Å². The molecule has 120 valence electrons. The van der Waals surface area contributed by atoms with Crippen molar-refractivity contribution in [2.75, 3.05) is 27.3 Å². The van der Waals surface area contributed by atoms with E-state index in [0.717, 1.165) is 31.0 Å². The molecular formula is C15H21ClN4OS. The van der Waals surface area contributed by atoms with Crippen molar-refractivity contribution in [2.24, 2.45) is 7.05 Å². The van der Waals surface area contributed by atoms with Crippen LogP contribution in [0.4, 0.5) is 0 Å². The standard InChI is InChI=1S/C15H21ClN4OS/c1-18(9-4-10-21-3)11-20-15(22)19(2)14(17-20)12-5-7-13(16)8-6-12/h5-8H,4,9-11H2,1-3H3. The number of ether oxygens (including phenoxy) is 1. The average molecular weight is 341 g/mol. The van der Waals surface area contributed by atoms with Gasteiger partial charge in [0.2, 0.25) is 0 Å². The van der Waals surface area contributed by atoms with E-state index < -0.39 is 0 Å². The Kier molecular flexibility index (Phi) is 6.14. The lowest BCUT2D eigenvalue weighted by atomic mass is 10.2. The number of methoxy groups -OCH3 is 1. The lowest BCUT2D eigenvalue weighted by Crippen LogP contribution is -2.24. The van der Waals surface area contributed by atoms with E-state index in [-0.39, 0.29) is 0 Å². The Labute approximate surface area is 141 Å². The maximum absolute atomic E-state index is 5.93. The first kappa shape index (κ1) is 17.1. The van der Waals surface area contributed by atoms with Crippen LogP contribution in [0.1, 0.15) is 6.42 Å². The van der Waals surface area contributed by atoms with Gasteiger partial charge in [-0.05, 0) is 50.0 Å². The van der Waals surface area contributed by atoms with Crippen LogP contribution < -0.4 is 0 Å². The fourth-order valence-corrected chi connectivity index (χ4v) is 2.52. The third-order valence-electron chi connectivity index (χ3n) is 3.41. The molecule has 0 aliphatic carbocycles. The molecule has 22 heavy (non-hydrogen) atoms. The molecule has 0 fully saturated rings. The van der Waals surface area contributed by atoms with Crippen molar-refractivity contribution in [1.82, 2.24) is 19.2 Å². The van der Waals surface area contributed by atoms with Gasteiger partial charge in [0, 0.05) is 37.9 Å². The fraction of sp³-hybridized carbons (Fsp3) is 0.467. The van der Waals surface area contributed by atoms with Gasteiger partial charge in [-0.2, -0.15) is 5.10 Å². The summed E-state index contributed by atoms with van der Waals surface area (Å²) in [5.41, 5.74) is 0.999. The van der Waals surface area contributed by atoms with Crippen molar-refractivity contribution in [3.8, 4) is 11.4 Å². The molecule has 0 radical (unpaired) electrons. The van der Waals surface area contributed by atoms with Crippen molar-refractivity contribution >= 4 is 23.8 Å². The largest absolute Gasteiger partial charge is 0.385 e. The molecule has 1 heterocycles. The summed E-state index contributed by atoms with van der Waals surface area (Å²) in [5.74, 6) is 0.840. The lowest BCUT2D eigenvalue weighted by molar-refractivity contribution is 0.168. The molecule has 1 aromatic heterocycles. The van der Waals surface area contributed by atoms with E-state index in [1.807, 2.05) is 47.6 Å². The zero-order valence-corrected chi connectivity index (χ0v) is 14.7. The van der Waals surface area contributed by atoms with Gasteiger partial charge in [0.25, 0.3) is 0 Å². The molecule has 0 N–H and O–H groups in total. The molecule has 2 rings (SSSR count). The van der Waals surface area contributed by atoms with E-state index in [1.54, 1.807) is 7.11 Å². The summed E-state index contributed by atoms with van der Waals surface area (Å²) in [6.07, 6.45) is 0.983. The zero-order valence-electron chi connectivity index (χ0n) is 13.1. The van der Waals surface area contributed by atoms with E-state index >= 15 is 0 Å². The smallest absolute Gasteiger partial charge is 0.199 e. The van der Waals surface area contributed by atoms with Crippen LogP contribution >= 0.6 is 23.8 Å². The summed E-state index contributed by atoms with van der Waals surface area (Å²) in [6.45, 7) is 2.35. The Morgan fingerprint density at radius 1 is 1.32 bits per heavy atom. The first-order chi connectivity index (χ1) is 10.5. The van der Waals surface area contributed by atoms with Crippen LogP contribution in [0.15, 0.2) is 24.3 Å². The van der Waals surface area contributed by atoms with Crippen LogP contribution in [-0.2, 0) is 18.5 Å². The summed E-state index contributed by atoms with van der Waals surface area (Å²) in [7, 11) is 5.70. The van der Waals surface area contributed by atoms with E-state index in [1.165, 1.54) is 0 Å². The maximum atomic E-state index is 5.93. The van der Waals surface area contributed by atoms with Gasteiger partial charge in [-0.1, -0.05) is 11.6 Å². The highest BCUT2D eigenvalue weighted by Gasteiger charge is 2.11. The van der Waals surface area contributed by atoms with E-state index in [2.05, 4.69) is 10.00 Å². The van der Waals surface area contributed by atoms with Crippen molar-refractivity contribution in [3.63, 3.8) is 0 Å². The van der Waals surface area contributed by atoms with E-state index in [4.69, 9.17) is 28.6 Å². The zero-order chi connectivity index (χ0) is 16.1. The quantitative estimate of drug-likeness (QED) is 0.572. The Bertz CT molecular complexity index is 665. The van der Waals surface area contributed by atoms with Crippen LogP contribution in [-0.4, -0.2) is 46.6 Å². The summed E-state index contributed by atoms with van der Waals surface area (Å²) >= 11 is 11.4. The normalized spacial score (nSPS) is 11.3. The van der Waals surface area contributed by atoms with E-state index in [0.29, 0.717) is 16.5 Å². The predicted octanol–water partition coefficient (Wildman–Crippen LogP) is 3.20. The lowest BCUT2D eigenvalue weighted by Gasteiger charge is -2.15. The van der Waals surface area contributed by atoms with Gasteiger partial charge in [0.1, 0.15) is 0 Å². The molecule has 2 aromatic rings. The van der Waals surface area contributed by atoms with Gasteiger partial charge < -0.3 is 9.30 Å². The highest BCUT2D eigenvalue weighted by atomic mass is 35.5. The second kappa shape index (κ2) is 7.87. The maximum Gasteiger partial charge on any atom is 0.199 e. The number of hydrogen-bond acceptors (Lipinski definition) is 4. The number of halogens is 1. The second-order valence-corrected chi connectivity index (χ2v) is 6.04. The van der Waals surface area contributed by atoms with E-state index in [9.17, 15) is 0 Å². The van der Waals surface area contributed by atoms with Crippen molar-refractivity contribution in [3.05, 3.63) is 34.1 Å². The van der Waals surface area contributed by atoms with Crippen molar-refractivity contribution < 1.29 is 4.74 Å². The average Bonchev–Trinajstić information content (AvgIpc) is 2.77. The first-order valence-electron chi connectivity index (χ1n) is 7.10. The van der Waals surface area contributed by atoms with Gasteiger partial charge in [-0.3, -0.25) is 4.90 Å². The topological polar surface area (TPSA) is 35.2 Å². The third kappa shape index (κ3) is 4.16. The predicted molar refractivity (Wildman–Crippen MR) is 91.6 cm³/mol. The molecule has 0 atom stereocenters. The summed E-state index contributed by atoms with van der Waals surface area (Å²) in [5, 5.41) is 5.35. The molecular weight excluding hydrogens is 320 g/mol. The molecule has 0 aliphatic heterocycles. The Balaban J connectivity index is 2.16. The number of nitrogens with zero attached hydrogens (tertiary/aromatic N) is 4. The Morgan fingerprint density at radius 3 is 2.64 bits per heavy atom. The molecule has 0 aliphatic rings. The number of hydrogen-bond donors (Lipinski definition) is 0. The number of aromatic nitrogens is 3. The van der Waals surface area contributed by atoms with Crippen molar-refractivity contribution in [1.29, 1.82) is 0 Å². The highest BCUT2D eigenvalue weighted by molar-refractivity contribution is 7.71. The second-order valence-electron chi connectivity index (χ2n) is 5.24. The molecule has 0 unspecified atom stereocenters. The minimum atomic E-state index is 0.657. The van der Waals surface area contributed by atoms with Crippen LogP contribution in [0, 0.1) is 4.77 Å². The summed E-state index contributed by atoms with van der Waals surface area (Å²) in [4.78, 5) is 2.17. The first-order valence-corrected chi connectivity index (χ1v) is 7.89. The SMILES string of the molecule is COCCCN(C)Cn1nc(-c2ccc(Cl)cc2)n(C)c1=S. The Morgan fingerprint density at radius 2 is 2.00 bits per heavy atom. The summed E-state index contributed by atoms with van der Waals surface area (Å²) in [6, 6.07) is 7.61. The number of rotatable bonds is 7. The molecule has 0 saturated heterocycles. The molecule has 1 aromatic carbocycles.